The van der Waals surface area contributed by atoms with E-state index in [1.807, 2.05) is 35.7 Å². The number of hydrogen-bond donors (Lipinski definition) is 1. The number of nitrogens with zero attached hydrogens (tertiary/aromatic N) is 4. The molecule has 3 heterocycles. The largest absolute Gasteiger partial charge is 0.481 e. The molecule has 0 radical (unpaired) electrons. The number of aliphatic carboxylic acids is 1. The maximum absolute atomic E-state index is 13.8. The molecule has 1 aromatic carbocycles. The van der Waals surface area contributed by atoms with Gasteiger partial charge in [-0.15, -0.1) is 11.3 Å². The average Bonchev–Trinajstić information content (AvgIpc) is 3.29. The van der Waals surface area contributed by atoms with Crippen molar-refractivity contribution < 1.29 is 19.5 Å². The highest BCUT2D eigenvalue weighted by molar-refractivity contribution is 7.14. The molecule has 2 aliphatic carbocycles. The third kappa shape index (κ3) is 5.20. The Morgan fingerprint density at radius 1 is 1.15 bits per heavy atom. The Kier molecular flexibility index (Phi) is 6.93. The van der Waals surface area contributed by atoms with Crippen molar-refractivity contribution in [3.05, 3.63) is 53.2 Å². The molecule has 2 fully saturated rings. The SMILES string of the molecule is CN1Cc2cc(-c3ccccc3-c3csc(N(C(=O)[C@@H](CC(=O)O)CC4CCCC4)C4CC4)n3)cnc2C1=O. The minimum Gasteiger partial charge on any atom is -0.481 e. The molecular weight excluding hydrogens is 512 g/mol. The zero-order valence-corrected chi connectivity index (χ0v) is 22.8. The van der Waals surface area contributed by atoms with Crippen molar-refractivity contribution in [2.75, 3.05) is 11.9 Å². The second-order valence-electron chi connectivity index (χ2n) is 11.1. The maximum Gasteiger partial charge on any atom is 0.304 e. The second kappa shape index (κ2) is 10.5. The number of carboxylic acid groups (broad SMARTS) is 1. The molecule has 2 aromatic heterocycles. The van der Waals surface area contributed by atoms with Crippen LogP contribution in [0, 0.1) is 11.8 Å². The summed E-state index contributed by atoms with van der Waals surface area (Å²) < 4.78 is 0. The molecule has 202 valence electrons. The summed E-state index contributed by atoms with van der Waals surface area (Å²) in [7, 11) is 1.77. The first kappa shape index (κ1) is 25.7. The van der Waals surface area contributed by atoms with Crippen LogP contribution in [0.15, 0.2) is 41.9 Å². The van der Waals surface area contributed by atoms with Gasteiger partial charge in [0.1, 0.15) is 5.69 Å². The van der Waals surface area contributed by atoms with Crippen molar-refractivity contribution in [1.82, 2.24) is 14.9 Å². The van der Waals surface area contributed by atoms with Crippen LogP contribution in [0.3, 0.4) is 0 Å². The average molecular weight is 545 g/mol. The number of carboxylic acids is 1. The van der Waals surface area contributed by atoms with Crippen LogP contribution in [0.4, 0.5) is 5.13 Å². The smallest absolute Gasteiger partial charge is 0.304 e. The van der Waals surface area contributed by atoms with Gasteiger partial charge in [-0.05, 0) is 36.8 Å². The van der Waals surface area contributed by atoms with Gasteiger partial charge in [0.05, 0.1) is 12.1 Å². The molecule has 3 aromatic rings. The number of fused-ring (bicyclic) bond motifs is 1. The number of rotatable bonds is 9. The quantitative estimate of drug-likeness (QED) is 0.375. The van der Waals surface area contributed by atoms with E-state index in [0.717, 1.165) is 66.5 Å². The Morgan fingerprint density at radius 2 is 1.90 bits per heavy atom. The summed E-state index contributed by atoms with van der Waals surface area (Å²) in [5.41, 5.74) is 4.97. The third-order valence-electron chi connectivity index (χ3n) is 8.15. The van der Waals surface area contributed by atoms with E-state index >= 15 is 0 Å². The molecule has 0 saturated heterocycles. The third-order valence-corrected chi connectivity index (χ3v) is 8.99. The molecule has 2 saturated carbocycles. The van der Waals surface area contributed by atoms with E-state index in [4.69, 9.17) is 4.98 Å². The zero-order valence-electron chi connectivity index (χ0n) is 22.0. The lowest BCUT2D eigenvalue weighted by Crippen LogP contribution is -2.39. The first-order valence-electron chi connectivity index (χ1n) is 13.7. The molecule has 9 heteroatoms. The van der Waals surface area contributed by atoms with Gasteiger partial charge in [0.25, 0.3) is 5.91 Å². The summed E-state index contributed by atoms with van der Waals surface area (Å²) >= 11 is 1.43. The number of carbonyl (C=O) groups is 3. The summed E-state index contributed by atoms with van der Waals surface area (Å²) in [6.07, 6.45) is 8.53. The highest BCUT2D eigenvalue weighted by Gasteiger charge is 2.40. The van der Waals surface area contributed by atoms with Gasteiger partial charge in [-0.25, -0.2) is 4.98 Å². The molecule has 1 atom stereocenters. The highest BCUT2D eigenvalue weighted by Crippen LogP contribution is 2.41. The Hall–Kier alpha value is -3.59. The fourth-order valence-corrected chi connectivity index (χ4v) is 6.93. The van der Waals surface area contributed by atoms with Gasteiger partial charge in [-0.1, -0.05) is 49.9 Å². The predicted octanol–water partition coefficient (Wildman–Crippen LogP) is 5.62. The van der Waals surface area contributed by atoms with Crippen molar-refractivity contribution in [1.29, 1.82) is 0 Å². The van der Waals surface area contributed by atoms with Gasteiger partial charge in [-0.2, -0.15) is 0 Å². The van der Waals surface area contributed by atoms with Crippen LogP contribution in [0.2, 0.25) is 0 Å². The molecule has 0 bridgehead atoms. The number of anilines is 1. The lowest BCUT2D eigenvalue weighted by atomic mass is 9.90. The van der Waals surface area contributed by atoms with Crippen molar-refractivity contribution in [3.8, 4) is 22.4 Å². The van der Waals surface area contributed by atoms with E-state index in [2.05, 4.69) is 4.98 Å². The monoisotopic (exact) mass is 544 g/mol. The summed E-state index contributed by atoms with van der Waals surface area (Å²) in [6, 6.07) is 10.1. The van der Waals surface area contributed by atoms with Gasteiger partial charge in [0, 0.05) is 53.8 Å². The van der Waals surface area contributed by atoms with E-state index in [-0.39, 0.29) is 24.3 Å². The molecule has 8 nitrogen and oxygen atoms in total. The molecule has 1 N–H and O–H groups in total. The minimum atomic E-state index is -0.924. The molecule has 0 unspecified atom stereocenters. The van der Waals surface area contributed by atoms with Crippen LogP contribution < -0.4 is 4.90 Å². The number of thiazole rings is 1. The van der Waals surface area contributed by atoms with Crippen LogP contribution in [0.5, 0.6) is 0 Å². The zero-order chi connectivity index (χ0) is 27.1. The van der Waals surface area contributed by atoms with Crippen molar-refractivity contribution in [2.24, 2.45) is 11.8 Å². The summed E-state index contributed by atoms with van der Waals surface area (Å²) in [6.45, 7) is 0.537. The molecule has 0 spiro atoms. The second-order valence-corrected chi connectivity index (χ2v) is 11.9. The van der Waals surface area contributed by atoms with Gasteiger partial charge >= 0.3 is 5.97 Å². The summed E-state index contributed by atoms with van der Waals surface area (Å²) in [5.74, 6) is -1.18. The van der Waals surface area contributed by atoms with E-state index in [0.29, 0.717) is 29.7 Å². The molecule has 2 amide bonds. The number of carbonyl (C=O) groups excluding carboxylic acids is 2. The van der Waals surface area contributed by atoms with Crippen LogP contribution in [0.25, 0.3) is 22.4 Å². The number of amides is 2. The van der Waals surface area contributed by atoms with Crippen molar-refractivity contribution in [3.63, 3.8) is 0 Å². The van der Waals surface area contributed by atoms with Crippen LogP contribution in [-0.2, 0) is 16.1 Å². The first-order chi connectivity index (χ1) is 18.9. The standard InChI is InChI=1S/C30H32N4O4S/c1-33-16-21-13-20(15-31-27(21)29(33)38)23-8-4-5-9-24(23)25-17-39-30(32-25)34(22-10-11-22)28(37)19(14-26(35)36)12-18-6-2-3-7-18/h4-5,8-9,13,15,17-19,22H,2-3,6-7,10-12,14,16H2,1H3,(H,35,36)/t19-/m1/s1. The fourth-order valence-electron chi connectivity index (χ4n) is 6.03. The number of hydrogen-bond acceptors (Lipinski definition) is 6. The molecule has 3 aliphatic rings. The van der Waals surface area contributed by atoms with Crippen LogP contribution in [-0.4, -0.2) is 50.8 Å². The van der Waals surface area contributed by atoms with Crippen LogP contribution >= 0.6 is 11.3 Å². The Balaban J connectivity index is 1.30. The van der Waals surface area contributed by atoms with Gasteiger partial charge in [0.15, 0.2) is 5.13 Å². The molecule has 1 aliphatic heterocycles. The molecular formula is C30H32N4O4S. The highest BCUT2D eigenvalue weighted by atomic mass is 32.1. The Labute approximate surface area is 231 Å². The van der Waals surface area contributed by atoms with Gasteiger partial charge in [0.2, 0.25) is 5.91 Å². The molecule has 6 rings (SSSR count). The van der Waals surface area contributed by atoms with E-state index in [1.165, 1.54) is 11.3 Å². The predicted molar refractivity (Wildman–Crippen MR) is 149 cm³/mol. The van der Waals surface area contributed by atoms with Crippen molar-refractivity contribution >= 4 is 34.3 Å². The lowest BCUT2D eigenvalue weighted by molar-refractivity contribution is -0.141. The van der Waals surface area contributed by atoms with Crippen molar-refractivity contribution in [2.45, 2.75) is 64.0 Å². The van der Waals surface area contributed by atoms with Gasteiger partial charge in [-0.3, -0.25) is 24.3 Å². The summed E-state index contributed by atoms with van der Waals surface area (Å²) in [5, 5.41) is 12.2. The number of aromatic nitrogens is 2. The fraction of sp³-hybridized carbons (Fsp3) is 0.433. The van der Waals surface area contributed by atoms with E-state index in [9.17, 15) is 19.5 Å². The summed E-state index contributed by atoms with van der Waals surface area (Å²) in [4.78, 5) is 50.7. The maximum atomic E-state index is 13.8. The Morgan fingerprint density at radius 3 is 2.62 bits per heavy atom. The first-order valence-corrected chi connectivity index (χ1v) is 14.6. The Bertz CT molecular complexity index is 1430. The van der Waals surface area contributed by atoms with Crippen LogP contribution in [0.1, 0.15) is 67.4 Å². The number of pyridine rings is 1. The normalized spacial score (nSPS) is 17.9. The van der Waals surface area contributed by atoms with E-state index in [1.54, 1.807) is 23.0 Å². The minimum absolute atomic E-state index is 0.0621. The molecule has 39 heavy (non-hydrogen) atoms. The lowest BCUT2D eigenvalue weighted by Gasteiger charge is -2.26. The number of benzene rings is 1. The van der Waals surface area contributed by atoms with Gasteiger partial charge < -0.3 is 10.0 Å². The topological polar surface area (TPSA) is 104 Å². The van der Waals surface area contributed by atoms with E-state index < -0.39 is 11.9 Å².